The van der Waals surface area contributed by atoms with Crippen molar-refractivity contribution in [3.63, 3.8) is 0 Å². The molecule has 0 bridgehead atoms. The van der Waals surface area contributed by atoms with Gasteiger partial charge in [0.1, 0.15) is 12.4 Å². The molecule has 4 heterocycles. The van der Waals surface area contributed by atoms with Crippen LogP contribution in [0.25, 0.3) is 16.6 Å². The fraction of sp³-hybridized carbons (Fsp3) is 0.393. The normalized spacial score (nSPS) is 23.2. The summed E-state index contributed by atoms with van der Waals surface area (Å²) < 4.78 is 13.9. The average Bonchev–Trinajstić information content (AvgIpc) is 3.22. The molecule has 6 heteroatoms. The van der Waals surface area contributed by atoms with Gasteiger partial charge in [0.05, 0.1) is 24.4 Å². The number of nitrogens with zero attached hydrogens (tertiary/aromatic N) is 2. The van der Waals surface area contributed by atoms with Gasteiger partial charge >= 0.3 is 0 Å². The Morgan fingerprint density at radius 2 is 1.97 bits per heavy atom. The van der Waals surface area contributed by atoms with Gasteiger partial charge in [0.25, 0.3) is 5.17 Å². The lowest BCUT2D eigenvalue weighted by Gasteiger charge is -2.53. The summed E-state index contributed by atoms with van der Waals surface area (Å²) in [6, 6.07) is 17.0. The van der Waals surface area contributed by atoms with Gasteiger partial charge in [-0.05, 0) is 80.3 Å². The van der Waals surface area contributed by atoms with E-state index >= 15 is 0 Å². The summed E-state index contributed by atoms with van der Waals surface area (Å²) in [7, 11) is 1.66. The molecule has 0 unspecified atom stereocenters. The molecule has 0 spiro atoms. The molecule has 3 aromatic rings. The highest BCUT2D eigenvalue weighted by atomic mass is 32.1. The fourth-order valence-electron chi connectivity index (χ4n) is 6.46. The Bertz CT molecular complexity index is 1280. The van der Waals surface area contributed by atoms with Crippen LogP contribution in [0.15, 0.2) is 54.6 Å². The van der Waals surface area contributed by atoms with E-state index in [4.69, 9.17) is 21.7 Å². The summed E-state index contributed by atoms with van der Waals surface area (Å²) in [5.41, 5.74) is 6.55. The second-order valence-electron chi connectivity index (χ2n) is 9.66. The first-order chi connectivity index (χ1) is 16.6. The minimum Gasteiger partial charge on any atom is -0.497 e. The molecule has 1 N–H and O–H groups in total. The summed E-state index contributed by atoms with van der Waals surface area (Å²) in [6.07, 6.45) is 7.25. The second kappa shape index (κ2) is 8.43. The predicted octanol–water partition coefficient (Wildman–Crippen LogP) is 6.01. The number of benzene rings is 2. The fourth-order valence-corrected chi connectivity index (χ4v) is 6.64. The van der Waals surface area contributed by atoms with Crippen molar-refractivity contribution < 1.29 is 9.47 Å². The van der Waals surface area contributed by atoms with Gasteiger partial charge in [-0.2, -0.15) is 0 Å². The van der Waals surface area contributed by atoms with Crippen LogP contribution >= 0.6 is 12.2 Å². The topological polar surface area (TPSA) is 38.7 Å². The monoisotopic (exact) mass is 473 g/mol. The minimum atomic E-state index is 0.154. The maximum atomic E-state index is 6.16. The van der Waals surface area contributed by atoms with Crippen LogP contribution < -0.4 is 10.1 Å². The van der Waals surface area contributed by atoms with E-state index in [9.17, 15) is 0 Å². The molecule has 176 valence electrons. The Kier molecular flexibility index (Phi) is 5.38. The van der Waals surface area contributed by atoms with Gasteiger partial charge in [-0.3, -0.25) is 4.90 Å². The quantitative estimate of drug-likeness (QED) is 0.460. The first-order valence-electron chi connectivity index (χ1n) is 12.3. The van der Waals surface area contributed by atoms with E-state index in [1.54, 1.807) is 7.11 Å². The third-order valence-electron chi connectivity index (χ3n) is 8.01. The molecular formula is C28H31N3O2S. The molecule has 1 aromatic heterocycles. The summed E-state index contributed by atoms with van der Waals surface area (Å²) in [5.74, 6) is 0.815. The van der Waals surface area contributed by atoms with Crippen molar-refractivity contribution in [3.8, 4) is 5.75 Å². The van der Waals surface area contributed by atoms with Crippen LogP contribution in [0.5, 0.6) is 5.75 Å². The number of ether oxygens (including phenoxy) is 2. The molecule has 0 saturated carbocycles. The minimum absolute atomic E-state index is 0.154. The standard InChI is InChI=1S/C28H31N3O2S/c1-3-28-14-6-15-30-16-13-23-22-7-4-5-8-24(22)31(25(23)26(28)30)20(17-28)18-33-27(34)29-19-9-11-21(32-2)12-10-19/h4-5,7-12,17,26H,3,6,13-16,18H2,1-2H3,(H,29,34)/t26-,28+/m1/s1. The number of methoxy groups -OCH3 is 1. The van der Waals surface area contributed by atoms with Gasteiger partial charge in [0.2, 0.25) is 0 Å². The van der Waals surface area contributed by atoms with E-state index in [1.165, 1.54) is 47.2 Å². The summed E-state index contributed by atoms with van der Waals surface area (Å²) >= 11 is 5.56. The SMILES string of the molecule is CC[C@@]12C=C(COC(=S)Nc3ccc(OC)cc3)n3c4c(c5ccccc53)CCN(CCC1)[C@H]42. The van der Waals surface area contributed by atoms with Crippen molar-refractivity contribution in [2.24, 2.45) is 5.41 Å². The van der Waals surface area contributed by atoms with Crippen molar-refractivity contribution in [2.75, 3.05) is 32.1 Å². The molecule has 2 aromatic carbocycles. The van der Waals surface area contributed by atoms with E-state index in [0.29, 0.717) is 17.8 Å². The van der Waals surface area contributed by atoms with Crippen LogP contribution in [0, 0.1) is 5.41 Å². The molecular weight excluding hydrogens is 442 g/mol. The maximum Gasteiger partial charge on any atom is 0.261 e. The molecule has 1 fully saturated rings. The summed E-state index contributed by atoms with van der Waals surface area (Å²) in [5, 5.41) is 4.98. The Balaban J connectivity index is 1.35. The highest BCUT2D eigenvalue weighted by Gasteiger charge is 2.50. The molecule has 1 saturated heterocycles. The number of thiocarbonyl (C=S) groups is 1. The molecule has 2 atom stereocenters. The second-order valence-corrected chi connectivity index (χ2v) is 10.0. The Labute approximate surface area is 206 Å². The van der Waals surface area contributed by atoms with Gasteiger partial charge in [-0.1, -0.05) is 31.2 Å². The van der Waals surface area contributed by atoms with E-state index in [-0.39, 0.29) is 5.41 Å². The zero-order valence-electron chi connectivity index (χ0n) is 19.8. The number of hydrogen-bond acceptors (Lipinski definition) is 4. The molecule has 6 rings (SSSR count). The van der Waals surface area contributed by atoms with Gasteiger partial charge in [0, 0.05) is 28.7 Å². The highest BCUT2D eigenvalue weighted by Crippen LogP contribution is 2.56. The number of aromatic nitrogens is 1. The first-order valence-corrected chi connectivity index (χ1v) is 12.7. The van der Waals surface area contributed by atoms with Gasteiger partial charge in [-0.15, -0.1) is 0 Å². The zero-order valence-corrected chi connectivity index (χ0v) is 20.7. The van der Waals surface area contributed by atoms with Crippen LogP contribution in [0.1, 0.15) is 43.5 Å². The lowest BCUT2D eigenvalue weighted by molar-refractivity contribution is 0.0264. The van der Waals surface area contributed by atoms with Crippen LogP contribution in [0.3, 0.4) is 0 Å². The van der Waals surface area contributed by atoms with E-state index in [0.717, 1.165) is 30.8 Å². The van der Waals surface area contributed by atoms with Crippen LogP contribution in [-0.4, -0.2) is 41.4 Å². The highest BCUT2D eigenvalue weighted by molar-refractivity contribution is 7.80. The van der Waals surface area contributed by atoms with Crippen LogP contribution in [-0.2, 0) is 11.2 Å². The third kappa shape index (κ3) is 3.35. The lowest BCUT2D eigenvalue weighted by atomic mass is 9.66. The van der Waals surface area contributed by atoms with Crippen molar-refractivity contribution in [2.45, 2.75) is 38.6 Å². The molecule has 0 amide bonds. The lowest BCUT2D eigenvalue weighted by Crippen LogP contribution is -2.50. The molecule has 3 aliphatic heterocycles. The number of fused-ring (bicyclic) bond motifs is 3. The van der Waals surface area contributed by atoms with E-state index in [1.807, 2.05) is 24.3 Å². The molecule has 3 aliphatic rings. The Hall–Kier alpha value is -2.83. The number of rotatable bonds is 5. The Morgan fingerprint density at radius 1 is 1.15 bits per heavy atom. The zero-order chi connectivity index (χ0) is 23.3. The van der Waals surface area contributed by atoms with Crippen LogP contribution in [0.2, 0.25) is 0 Å². The number of para-hydroxylation sites is 1. The van der Waals surface area contributed by atoms with Crippen molar-refractivity contribution in [3.05, 3.63) is 65.9 Å². The van der Waals surface area contributed by atoms with Crippen molar-refractivity contribution in [1.82, 2.24) is 9.47 Å². The van der Waals surface area contributed by atoms with Crippen molar-refractivity contribution >= 4 is 39.7 Å². The number of hydrogen-bond donors (Lipinski definition) is 1. The van der Waals surface area contributed by atoms with E-state index < -0.39 is 0 Å². The third-order valence-corrected chi connectivity index (χ3v) is 8.23. The number of nitrogens with one attached hydrogen (secondary N) is 1. The molecule has 34 heavy (non-hydrogen) atoms. The summed E-state index contributed by atoms with van der Waals surface area (Å²) in [6.45, 7) is 5.15. The maximum absolute atomic E-state index is 6.16. The summed E-state index contributed by atoms with van der Waals surface area (Å²) in [4.78, 5) is 2.73. The smallest absolute Gasteiger partial charge is 0.261 e. The van der Waals surface area contributed by atoms with E-state index in [2.05, 4.69) is 52.0 Å². The predicted molar refractivity (Wildman–Crippen MR) is 141 cm³/mol. The number of anilines is 1. The largest absolute Gasteiger partial charge is 0.497 e. The number of piperidine rings is 1. The average molecular weight is 474 g/mol. The van der Waals surface area contributed by atoms with Crippen LogP contribution in [0.4, 0.5) is 5.69 Å². The molecule has 0 radical (unpaired) electrons. The van der Waals surface area contributed by atoms with Crippen molar-refractivity contribution in [1.29, 1.82) is 0 Å². The molecule has 5 nitrogen and oxygen atoms in total. The molecule has 0 aliphatic carbocycles. The van der Waals surface area contributed by atoms with Gasteiger partial charge in [-0.25, -0.2) is 0 Å². The Morgan fingerprint density at radius 3 is 2.76 bits per heavy atom. The van der Waals surface area contributed by atoms with Gasteiger partial charge < -0.3 is 19.4 Å². The van der Waals surface area contributed by atoms with Gasteiger partial charge in [0.15, 0.2) is 0 Å². The first kappa shape index (κ1) is 21.7.